The topological polar surface area (TPSA) is 35.5 Å². The van der Waals surface area contributed by atoms with Gasteiger partial charge in [0.15, 0.2) is 6.10 Å². The van der Waals surface area contributed by atoms with E-state index in [9.17, 15) is 4.79 Å². The van der Waals surface area contributed by atoms with Gasteiger partial charge in [0.25, 0.3) is 0 Å². The zero-order chi connectivity index (χ0) is 24.6. The molecule has 0 saturated carbocycles. The zero-order valence-corrected chi connectivity index (χ0v) is 22.0. The lowest BCUT2D eigenvalue weighted by Crippen LogP contribution is -2.25. The molecular formula is C31H46O3. The van der Waals surface area contributed by atoms with E-state index in [1.165, 1.54) is 68.1 Å². The van der Waals surface area contributed by atoms with Gasteiger partial charge in [-0.3, -0.25) is 0 Å². The molecule has 188 valence electrons. The van der Waals surface area contributed by atoms with Crippen LogP contribution in [0.25, 0.3) is 11.1 Å². The zero-order valence-electron chi connectivity index (χ0n) is 22.0. The summed E-state index contributed by atoms with van der Waals surface area (Å²) < 4.78 is 11.4. The van der Waals surface area contributed by atoms with Crippen LogP contribution in [0.5, 0.6) is 0 Å². The Morgan fingerprint density at radius 1 is 0.706 bits per heavy atom. The molecule has 3 nitrogen and oxygen atoms in total. The lowest BCUT2D eigenvalue weighted by molar-refractivity contribution is -0.161. The Morgan fingerprint density at radius 2 is 1.24 bits per heavy atom. The van der Waals surface area contributed by atoms with Gasteiger partial charge in [-0.15, -0.1) is 0 Å². The molecule has 2 rings (SSSR count). The number of benzene rings is 2. The Kier molecular flexibility index (Phi) is 13.6. The maximum Gasteiger partial charge on any atom is 0.335 e. The Labute approximate surface area is 208 Å². The molecule has 0 fully saturated rings. The van der Waals surface area contributed by atoms with Gasteiger partial charge < -0.3 is 9.47 Å². The fourth-order valence-corrected chi connectivity index (χ4v) is 4.11. The minimum Gasteiger partial charge on any atom is -0.456 e. The molecule has 2 unspecified atom stereocenters. The number of aryl methyl sites for hydroxylation is 1. The van der Waals surface area contributed by atoms with Gasteiger partial charge in [-0.1, -0.05) is 114 Å². The summed E-state index contributed by atoms with van der Waals surface area (Å²) in [6, 6.07) is 17.2. The van der Waals surface area contributed by atoms with E-state index in [1.807, 2.05) is 19.1 Å². The van der Waals surface area contributed by atoms with Crippen LogP contribution in [0.2, 0.25) is 0 Å². The summed E-state index contributed by atoms with van der Waals surface area (Å²) in [5.41, 5.74) is 4.79. The summed E-state index contributed by atoms with van der Waals surface area (Å²) >= 11 is 0. The molecule has 0 aliphatic rings. The second-order valence-electron chi connectivity index (χ2n) is 9.49. The number of hydrogen-bond acceptors (Lipinski definition) is 3. The van der Waals surface area contributed by atoms with Gasteiger partial charge in [-0.05, 0) is 55.4 Å². The van der Waals surface area contributed by atoms with E-state index in [1.54, 1.807) is 6.92 Å². The van der Waals surface area contributed by atoms with Crippen LogP contribution in [0.4, 0.5) is 0 Å². The highest BCUT2D eigenvalue weighted by molar-refractivity contribution is 5.74. The standard InChI is InChI=1S/C31H46O3/c1-5-7-9-11-12-14-24-33-26(4)31(32)34-25(3)28-20-22-30(23-21-28)29-18-16-27(17-19-29)15-13-10-8-6-2/h16-23,25-26H,5-15,24H2,1-4H3. The summed E-state index contributed by atoms with van der Waals surface area (Å²) in [4.78, 5) is 12.4. The van der Waals surface area contributed by atoms with Crippen molar-refractivity contribution in [2.24, 2.45) is 0 Å². The first-order chi connectivity index (χ1) is 16.5. The van der Waals surface area contributed by atoms with Crippen LogP contribution in [0.1, 0.15) is 109 Å². The SMILES string of the molecule is CCCCCCCCOC(C)C(=O)OC(C)c1ccc(-c2ccc(CCCCCC)cc2)cc1. The summed E-state index contributed by atoms with van der Waals surface area (Å²) in [6.45, 7) is 8.78. The van der Waals surface area contributed by atoms with Crippen LogP contribution >= 0.6 is 0 Å². The first kappa shape index (κ1) is 28.1. The third kappa shape index (κ3) is 10.4. The highest BCUT2D eigenvalue weighted by atomic mass is 16.6. The lowest BCUT2D eigenvalue weighted by atomic mass is 9.99. The first-order valence-corrected chi connectivity index (χ1v) is 13.6. The van der Waals surface area contributed by atoms with Gasteiger partial charge in [0, 0.05) is 6.61 Å². The van der Waals surface area contributed by atoms with Crippen molar-refractivity contribution < 1.29 is 14.3 Å². The lowest BCUT2D eigenvalue weighted by Gasteiger charge is -2.18. The Morgan fingerprint density at radius 3 is 1.85 bits per heavy atom. The molecule has 0 N–H and O–H groups in total. The molecule has 0 heterocycles. The molecule has 2 atom stereocenters. The Balaban J connectivity index is 1.76. The van der Waals surface area contributed by atoms with Crippen molar-refractivity contribution >= 4 is 5.97 Å². The van der Waals surface area contributed by atoms with Crippen LogP contribution in [0.3, 0.4) is 0 Å². The van der Waals surface area contributed by atoms with Crippen LogP contribution in [0, 0.1) is 0 Å². The number of hydrogen-bond donors (Lipinski definition) is 0. The molecule has 2 aromatic rings. The molecule has 0 saturated heterocycles. The normalized spacial score (nSPS) is 12.9. The van der Waals surface area contributed by atoms with E-state index >= 15 is 0 Å². The number of carbonyl (C=O) groups is 1. The van der Waals surface area contributed by atoms with Gasteiger partial charge in [0.1, 0.15) is 6.10 Å². The Hall–Kier alpha value is -2.13. The molecule has 0 bridgehead atoms. The molecule has 0 amide bonds. The third-order valence-corrected chi connectivity index (χ3v) is 6.48. The summed E-state index contributed by atoms with van der Waals surface area (Å²) in [6.07, 6.45) is 12.7. The average Bonchev–Trinajstić information content (AvgIpc) is 2.86. The van der Waals surface area contributed by atoms with Crippen molar-refractivity contribution in [2.75, 3.05) is 6.61 Å². The van der Waals surface area contributed by atoms with Crippen molar-refractivity contribution in [3.05, 3.63) is 59.7 Å². The van der Waals surface area contributed by atoms with E-state index in [0.29, 0.717) is 6.61 Å². The minimum absolute atomic E-state index is 0.294. The maximum absolute atomic E-state index is 12.4. The molecule has 0 spiro atoms. The van der Waals surface area contributed by atoms with E-state index in [-0.39, 0.29) is 12.1 Å². The molecule has 0 aromatic heterocycles. The van der Waals surface area contributed by atoms with Gasteiger partial charge in [-0.25, -0.2) is 4.79 Å². The molecule has 3 heteroatoms. The maximum atomic E-state index is 12.4. The first-order valence-electron chi connectivity index (χ1n) is 13.6. The number of unbranched alkanes of at least 4 members (excludes halogenated alkanes) is 8. The van der Waals surface area contributed by atoms with Crippen LogP contribution in [0.15, 0.2) is 48.5 Å². The predicted molar refractivity (Wildman–Crippen MR) is 143 cm³/mol. The van der Waals surface area contributed by atoms with E-state index < -0.39 is 6.10 Å². The highest BCUT2D eigenvalue weighted by Crippen LogP contribution is 2.25. The minimum atomic E-state index is -0.530. The largest absolute Gasteiger partial charge is 0.456 e. The number of rotatable bonds is 17. The monoisotopic (exact) mass is 466 g/mol. The predicted octanol–water partition coefficient (Wildman–Crippen LogP) is 8.85. The van der Waals surface area contributed by atoms with Crippen molar-refractivity contribution in [3.63, 3.8) is 0 Å². The molecule has 0 aliphatic heterocycles. The number of ether oxygens (including phenoxy) is 2. The highest BCUT2D eigenvalue weighted by Gasteiger charge is 2.19. The molecule has 34 heavy (non-hydrogen) atoms. The number of carbonyl (C=O) groups excluding carboxylic acids is 1. The van der Waals surface area contributed by atoms with Gasteiger partial charge in [-0.2, -0.15) is 0 Å². The Bertz CT molecular complexity index is 794. The van der Waals surface area contributed by atoms with Gasteiger partial charge >= 0.3 is 5.97 Å². The van der Waals surface area contributed by atoms with E-state index in [4.69, 9.17) is 9.47 Å². The van der Waals surface area contributed by atoms with E-state index in [0.717, 1.165) is 24.8 Å². The summed E-state index contributed by atoms with van der Waals surface area (Å²) in [5.74, 6) is -0.294. The van der Waals surface area contributed by atoms with Gasteiger partial charge in [0.2, 0.25) is 0 Å². The van der Waals surface area contributed by atoms with Crippen molar-refractivity contribution in [1.82, 2.24) is 0 Å². The van der Waals surface area contributed by atoms with Crippen LogP contribution in [-0.2, 0) is 20.7 Å². The smallest absolute Gasteiger partial charge is 0.335 e. The molecule has 0 aliphatic carbocycles. The second-order valence-corrected chi connectivity index (χ2v) is 9.49. The fraction of sp³-hybridized carbons (Fsp3) is 0.581. The summed E-state index contributed by atoms with van der Waals surface area (Å²) in [5, 5.41) is 0. The van der Waals surface area contributed by atoms with Crippen molar-refractivity contribution in [3.8, 4) is 11.1 Å². The van der Waals surface area contributed by atoms with Crippen molar-refractivity contribution in [2.45, 2.75) is 111 Å². The molecule has 2 aromatic carbocycles. The van der Waals surface area contributed by atoms with E-state index in [2.05, 4.69) is 50.2 Å². The van der Waals surface area contributed by atoms with Gasteiger partial charge in [0.05, 0.1) is 0 Å². The van der Waals surface area contributed by atoms with Crippen molar-refractivity contribution in [1.29, 1.82) is 0 Å². The third-order valence-electron chi connectivity index (χ3n) is 6.48. The average molecular weight is 467 g/mol. The second kappa shape index (κ2) is 16.5. The fourth-order valence-electron chi connectivity index (χ4n) is 4.11. The molecule has 0 radical (unpaired) electrons. The van der Waals surface area contributed by atoms with Crippen LogP contribution in [-0.4, -0.2) is 18.7 Å². The molecular weight excluding hydrogens is 420 g/mol. The quantitative estimate of drug-likeness (QED) is 0.172. The number of esters is 1. The van der Waals surface area contributed by atoms with Crippen LogP contribution < -0.4 is 0 Å². The summed E-state index contributed by atoms with van der Waals surface area (Å²) in [7, 11) is 0.